The molecule has 0 radical (unpaired) electrons. The number of aliphatic hydroxyl groups is 1. The highest BCUT2D eigenvalue weighted by atomic mass is 16.5. The van der Waals surface area contributed by atoms with E-state index in [9.17, 15) is 0 Å². The number of allylic oxidation sites excluding steroid dienone is 3. The Morgan fingerprint density at radius 2 is 1.92 bits per heavy atom. The molecule has 0 spiro atoms. The van der Waals surface area contributed by atoms with E-state index in [1.807, 2.05) is 20.8 Å². The summed E-state index contributed by atoms with van der Waals surface area (Å²) in [7, 11) is 1.48. The molecule has 0 fully saturated rings. The third-order valence-electron chi connectivity index (χ3n) is 0.982. The van der Waals surface area contributed by atoms with Gasteiger partial charge in [-0.05, 0) is 19.1 Å². The second kappa shape index (κ2) is 9.82. The first-order valence-corrected chi connectivity index (χ1v) is 3.98. The maximum Gasteiger partial charge on any atom is 0.159 e. The molecular weight excluding hydrogens is 152 g/mol. The van der Waals surface area contributed by atoms with Crippen LogP contribution in [0.4, 0.5) is 0 Å². The van der Waals surface area contributed by atoms with E-state index in [0.29, 0.717) is 5.76 Å². The molecule has 0 rings (SSSR count). The van der Waals surface area contributed by atoms with Crippen molar-refractivity contribution >= 4 is 0 Å². The molecule has 0 unspecified atom stereocenters. The van der Waals surface area contributed by atoms with Gasteiger partial charge in [0, 0.05) is 0 Å². The number of rotatable bonds is 3. The lowest BCUT2D eigenvalue weighted by atomic mass is 10.3. The monoisotopic (exact) mass is 170 g/mol. The summed E-state index contributed by atoms with van der Waals surface area (Å²) in [4.78, 5) is 0. The van der Waals surface area contributed by atoms with Gasteiger partial charge in [-0.2, -0.15) is 0 Å². The van der Waals surface area contributed by atoms with Crippen molar-refractivity contribution in [1.29, 1.82) is 0 Å². The molecule has 0 heterocycles. The summed E-state index contributed by atoms with van der Waals surface area (Å²) in [6.45, 7) is 9.27. The predicted octanol–water partition coefficient (Wildman–Crippen LogP) is 3.19. The number of hydrogen-bond donors (Lipinski definition) is 1. The second-order valence-corrected chi connectivity index (χ2v) is 1.66. The summed E-state index contributed by atoms with van der Waals surface area (Å²) >= 11 is 0. The number of methoxy groups -OCH3 is 1. The molecule has 12 heavy (non-hydrogen) atoms. The van der Waals surface area contributed by atoms with E-state index >= 15 is 0 Å². The van der Waals surface area contributed by atoms with Crippen LogP contribution in [0.3, 0.4) is 0 Å². The highest BCUT2D eigenvalue weighted by Crippen LogP contribution is 2.03. The van der Waals surface area contributed by atoms with Crippen molar-refractivity contribution in [1.82, 2.24) is 0 Å². The average Bonchev–Trinajstić information content (AvgIpc) is 2.11. The maximum atomic E-state index is 9.11. The van der Waals surface area contributed by atoms with Crippen molar-refractivity contribution < 1.29 is 9.84 Å². The molecular formula is C10H18O2. The molecule has 0 aliphatic heterocycles. The smallest absolute Gasteiger partial charge is 0.159 e. The van der Waals surface area contributed by atoms with E-state index in [1.165, 1.54) is 13.2 Å². The van der Waals surface area contributed by atoms with Crippen molar-refractivity contribution in [3.63, 3.8) is 0 Å². The van der Waals surface area contributed by atoms with Crippen LogP contribution in [0.2, 0.25) is 0 Å². The van der Waals surface area contributed by atoms with Gasteiger partial charge in [-0.1, -0.05) is 26.5 Å². The molecule has 0 aromatic heterocycles. The van der Waals surface area contributed by atoms with E-state index in [-0.39, 0.29) is 5.76 Å². The Kier molecular flexibility index (Phi) is 11.0. The summed E-state index contributed by atoms with van der Waals surface area (Å²) in [5.41, 5.74) is 0. The average molecular weight is 170 g/mol. The van der Waals surface area contributed by atoms with Gasteiger partial charge < -0.3 is 9.84 Å². The molecule has 2 heteroatoms. The van der Waals surface area contributed by atoms with Crippen molar-refractivity contribution in [2.45, 2.75) is 20.8 Å². The number of ether oxygens (including phenoxy) is 1. The molecule has 70 valence electrons. The van der Waals surface area contributed by atoms with Crippen molar-refractivity contribution in [2.24, 2.45) is 0 Å². The van der Waals surface area contributed by atoms with Crippen LogP contribution in [0.15, 0.2) is 36.3 Å². The first-order valence-electron chi connectivity index (χ1n) is 3.98. The normalized spacial score (nSPS) is 11.3. The minimum absolute atomic E-state index is 0.0972. The highest BCUT2D eigenvalue weighted by molar-refractivity contribution is 5.21. The third-order valence-corrected chi connectivity index (χ3v) is 0.982. The molecule has 0 aliphatic rings. The Morgan fingerprint density at radius 1 is 1.42 bits per heavy atom. The summed E-state index contributed by atoms with van der Waals surface area (Å²) in [6, 6.07) is 0. The Balaban J connectivity index is 0. The van der Waals surface area contributed by atoms with Gasteiger partial charge in [-0.3, -0.25) is 0 Å². The van der Waals surface area contributed by atoms with E-state index < -0.39 is 0 Å². The van der Waals surface area contributed by atoms with Crippen LogP contribution >= 0.6 is 0 Å². The first kappa shape index (κ1) is 13.4. The Bertz CT molecular complexity index is 167. The molecule has 0 aliphatic carbocycles. The largest absolute Gasteiger partial charge is 0.504 e. The van der Waals surface area contributed by atoms with Crippen LogP contribution in [-0.4, -0.2) is 12.2 Å². The zero-order valence-electron chi connectivity index (χ0n) is 8.29. The van der Waals surface area contributed by atoms with Crippen LogP contribution in [0.25, 0.3) is 0 Å². The zero-order valence-corrected chi connectivity index (χ0v) is 8.29. The Morgan fingerprint density at radius 3 is 2.17 bits per heavy atom. The van der Waals surface area contributed by atoms with Gasteiger partial charge in [-0.15, -0.1) is 0 Å². The van der Waals surface area contributed by atoms with Gasteiger partial charge in [0.2, 0.25) is 0 Å². The van der Waals surface area contributed by atoms with Gasteiger partial charge >= 0.3 is 0 Å². The minimum Gasteiger partial charge on any atom is -0.504 e. The fourth-order valence-electron chi connectivity index (χ4n) is 0.532. The fraction of sp³-hybridized carbons (Fsp3) is 0.400. The number of hydrogen-bond acceptors (Lipinski definition) is 2. The van der Waals surface area contributed by atoms with Crippen LogP contribution in [-0.2, 0) is 4.74 Å². The van der Waals surface area contributed by atoms with Crippen molar-refractivity contribution in [3.05, 3.63) is 36.3 Å². The standard InChI is InChI=1S/C8H12O2.C2H6/c1-4-6-7(9)8(5-2)10-3;1-2/h4-6,9H,2H2,1,3H3;1-2H3/b6-4-,8-7-;. The molecule has 0 aromatic carbocycles. The van der Waals surface area contributed by atoms with E-state index in [4.69, 9.17) is 9.84 Å². The predicted molar refractivity (Wildman–Crippen MR) is 53.0 cm³/mol. The van der Waals surface area contributed by atoms with Crippen molar-refractivity contribution in [3.8, 4) is 0 Å². The Labute approximate surface area is 74.9 Å². The summed E-state index contributed by atoms with van der Waals surface area (Å²) in [5, 5.41) is 9.11. The SMILES string of the molecule is C=C/C(OC)=C(O)\C=C/C.CC. The van der Waals surface area contributed by atoms with E-state index in [2.05, 4.69) is 6.58 Å². The summed E-state index contributed by atoms with van der Waals surface area (Å²) in [6.07, 6.45) is 4.72. The van der Waals surface area contributed by atoms with Crippen LogP contribution in [0.5, 0.6) is 0 Å². The topological polar surface area (TPSA) is 29.5 Å². The first-order chi connectivity index (χ1) is 5.76. The molecule has 0 saturated carbocycles. The molecule has 1 N–H and O–H groups in total. The maximum absolute atomic E-state index is 9.11. The quantitative estimate of drug-likeness (QED) is 0.520. The van der Waals surface area contributed by atoms with Crippen LogP contribution < -0.4 is 0 Å². The van der Waals surface area contributed by atoms with E-state index in [1.54, 1.807) is 12.2 Å². The lowest BCUT2D eigenvalue weighted by Gasteiger charge is -1.99. The highest BCUT2D eigenvalue weighted by Gasteiger charge is 1.94. The Hall–Kier alpha value is -1.18. The molecule has 0 atom stereocenters. The third kappa shape index (κ3) is 5.59. The lowest BCUT2D eigenvalue weighted by Crippen LogP contribution is -1.87. The number of aliphatic hydroxyl groups excluding tert-OH is 1. The van der Waals surface area contributed by atoms with Gasteiger partial charge in [0.1, 0.15) is 0 Å². The minimum atomic E-state index is 0.0972. The molecule has 0 bridgehead atoms. The van der Waals surface area contributed by atoms with Crippen LogP contribution in [0, 0.1) is 0 Å². The van der Waals surface area contributed by atoms with Gasteiger partial charge in [0.15, 0.2) is 11.5 Å². The molecule has 2 nitrogen and oxygen atoms in total. The summed E-state index contributed by atoms with van der Waals surface area (Å²) in [5.74, 6) is 0.484. The zero-order chi connectivity index (χ0) is 9.98. The lowest BCUT2D eigenvalue weighted by molar-refractivity contribution is 0.275. The van der Waals surface area contributed by atoms with Gasteiger partial charge in [0.25, 0.3) is 0 Å². The van der Waals surface area contributed by atoms with Crippen molar-refractivity contribution in [2.75, 3.05) is 7.11 Å². The van der Waals surface area contributed by atoms with Gasteiger partial charge in [0.05, 0.1) is 7.11 Å². The van der Waals surface area contributed by atoms with Crippen LogP contribution in [0.1, 0.15) is 20.8 Å². The molecule has 0 saturated heterocycles. The molecule has 0 amide bonds. The second-order valence-electron chi connectivity index (χ2n) is 1.66. The fourth-order valence-corrected chi connectivity index (χ4v) is 0.532. The van der Waals surface area contributed by atoms with Gasteiger partial charge in [-0.25, -0.2) is 0 Å². The molecule has 0 aromatic rings. The summed E-state index contributed by atoms with van der Waals surface area (Å²) < 4.78 is 4.77. The van der Waals surface area contributed by atoms with E-state index in [0.717, 1.165) is 0 Å².